The molecule has 0 amide bonds. The van der Waals surface area contributed by atoms with Gasteiger partial charge in [0.1, 0.15) is 0 Å². The highest BCUT2D eigenvalue weighted by molar-refractivity contribution is 7.73. The molecular formula is C4H4F12N2O3S. The Bertz CT molecular complexity index is 264. The van der Waals surface area contributed by atoms with Crippen molar-refractivity contribution in [2.75, 3.05) is 0 Å². The molecule has 0 aliphatic rings. The van der Waals surface area contributed by atoms with Crippen LogP contribution in [0.3, 0.4) is 0 Å². The molecule has 0 aliphatic carbocycles. The van der Waals surface area contributed by atoms with E-state index in [1.807, 2.05) is 0 Å². The molecular weight excluding hydrogens is 384 g/mol. The van der Waals surface area contributed by atoms with E-state index in [1.165, 1.54) is 0 Å². The summed E-state index contributed by atoms with van der Waals surface area (Å²) in [5.74, 6) is 0. The third-order valence-corrected chi connectivity index (χ3v) is 0.567. The Labute approximate surface area is 114 Å². The number of halogens is 12. The van der Waals surface area contributed by atoms with Crippen LogP contribution in [0.25, 0.3) is 0 Å². The smallest absolute Gasteiger partial charge is 0.284 e. The van der Waals surface area contributed by atoms with E-state index in [1.54, 1.807) is 0 Å². The summed E-state index contributed by atoms with van der Waals surface area (Å²) < 4.78 is 151. The lowest BCUT2D eigenvalue weighted by atomic mass is 11.0. The van der Waals surface area contributed by atoms with Gasteiger partial charge in [-0.3, -0.25) is 9.11 Å². The Morgan fingerprint density at radius 3 is 0.636 bits per heavy atom. The SMILES string of the molecule is FC(F)(F)NC(F)(F)F.FC(F)(F)NC(F)(F)F.O=S(O)O. The summed E-state index contributed by atoms with van der Waals surface area (Å²) in [4.78, 5) is 0. The summed E-state index contributed by atoms with van der Waals surface area (Å²) in [6.45, 7) is 0. The Balaban J connectivity index is -0.000000266. The van der Waals surface area contributed by atoms with Gasteiger partial charge in [-0.2, -0.15) is 56.9 Å². The van der Waals surface area contributed by atoms with Crippen molar-refractivity contribution in [1.82, 2.24) is 10.6 Å². The molecule has 0 aromatic heterocycles. The molecule has 0 aromatic rings. The molecule has 0 rings (SSSR count). The molecule has 0 aromatic carbocycles. The highest BCUT2D eigenvalue weighted by Crippen LogP contribution is 2.20. The number of hydrogen-bond donors (Lipinski definition) is 4. The van der Waals surface area contributed by atoms with Crippen LogP contribution in [0.1, 0.15) is 0 Å². The maximum absolute atomic E-state index is 10.7. The molecule has 5 nitrogen and oxygen atoms in total. The van der Waals surface area contributed by atoms with E-state index in [-0.39, 0.29) is 0 Å². The standard InChI is InChI=1S/2C2HF6N.H2O3S/c2*3-1(4,5)9-2(6,7)8;1-4(2)3/h2*9H;(H2,1,2,3). The van der Waals surface area contributed by atoms with Gasteiger partial charge < -0.3 is 0 Å². The Morgan fingerprint density at radius 1 is 0.545 bits per heavy atom. The fourth-order valence-corrected chi connectivity index (χ4v) is 0.321. The maximum Gasteiger partial charge on any atom is 0.464 e. The van der Waals surface area contributed by atoms with Crippen molar-refractivity contribution in [1.29, 1.82) is 0 Å². The van der Waals surface area contributed by atoms with Crippen molar-refractivity contribution < 1.29 is 66.0 Å². The predicted molar refractivity (Wildman–Crippen MR) is 43.9 cm³/mol. The average molecular weight is 388 g/mol. The molecule has 0 aliphatic heterocycles. The van der Waals surface area contributed by atoms with Crippen LogP contribution in [-0.2, 0) is 11.4 Å². The largest absolute Gasteiger partial charge is 0.464 e. The molecule has 0 fully saturated rings. The van der Waals surface area contributed by atoms with Crippen LogP contribution in [-0.4, -0.2) is 38.5 Å². The van der Waals surface area contributed by atoms with Crippen LogP contribution < -0.4 is 10.6 Å². The maximum atomic E-state index is 10.7. The third kappa shape index (κ3) is 50.7. The van der Waals surface area contributed by atoms with Gasteiger partial charge >= 0.3 is 25.2 Å². The average Bonchev–Trinajstić information content (AvgIpc) is 1.84. The zero-order chi connectivity index (χ0) is 19.0. The van der Waals surface area contributed by atoms with E-state index in [0.29, 0.717) is 0 Å². The Kier molecular flexibility index (Phi) is 11.0. The van der Waals surface area contributed by atoms with E-state index >= 15 is 0 Å². The summed E-state index contributed by atoms with van der Waals surface area (Å²) in [7, 11) is 0. The molecule has 0 saturated carbocycles. The molecule has 0 bridgehead atoms. The van der Waals surface area contributed by atoms with Crippen LogP contribution in [0, 0.1) is 0 Å². The first kappa shape index (κ1) is 26.1. The number of nitrogens with one attached hydrogen (secondary N) is 2. The van der Waals surface area contributed by atoms with Crippen molar-refractivity contribution >= 4 is 11.4 Å². The molecule has 22 heavy (non-hydrogen) atoms. The lowest BCUT2D eigenvalue weighted by molar-refractivity contribution is -0.267. The van der Waals surface area contributed by atoms with Crippen LogP contribution >= 0.6 is 0 Å². The van der Waals surface area contributed by atoms with Gasteiger partial charge in [0.15, 0.2) is 0 Å². The number of rotatable bonds is 0. The van der Waals surface area contributed by atoms with Gasteiger partial charge in [-0.1, -0.05) is 0 Å². The second-order valence-corrected chi connectivity index (χ2v) is 2.93. The lowest BCUT2D eigenvalue weighted by Gasteiger charge is -2.10. The molecule has 0 saturated heterocycles. The lowest BCUT2D eigenvalue weighted by Crippen LogP contribution is -2.42. The first-order valence-corrected chi connectivity index (χ1v) is 4.86. The van der Waals surface area contributed by atoms with Crippen LogP contribution in [0.15, 0.2) is 0 Å². The minimum Gasteiger partial charge on any atom is -0.284 e. The van der Waals surface area contributed by atoms with Gasteiger partial charge in [0, 0.05) is 0 Å². The van der Waals surface area contributed by atoms with Gasteiger partial charge in [0.2, 0.25) is 0 Å². The Morgan fingerprint density at radius 2 is 0.636 bits per heavy atom. The summed E-state index contributed by atoms with van der Waals surface area (Å²) >= 11 is -2.61. The quantitative estimate of drug-likeness (QED) is 0.292. The second kappa shape index (κ2) is 9.33. The minimum absolute atomic E-state index is 0.542. The highest BCUT2D eigenvalue weighted by atomic mass is 32.2. The number of hydrogen-bond acceptors (Lipinski definition) is 3. The van der Waals surface area contributed by atoms with Crippen molar-refractivity contribution in [2.45, 2.75) is 25.2 Å². The fraction of sp³-hybridized carbons (Fsp3) is 1.00. The highest BCUT2D eigenvalue weighted by Gasteiger charge is 2.43. The van der Waals surface area contributed by atoms with Crippen molar-refractivity contribution in [3.05, 3.63) is 0 Å². The van der Waals surface area contributed by atoms with Gasteiger partial charge in [0.05, 0.1) is 0 Å². The Hall–Kier alpha value is -0.850. The van der Waals surface area contributed by atoms with Crippen molar-refractivity contribution in [3.8, 4) is 0 Å². The first-order chi connectivity index (χ1) is 9.15. The molecule has 0 unspecified atom stereocenters. The topological polar surface area (TPSA) is 81.6 Å². The monoisotopic (exact) mass is 388 g/mol. The molecule has 18 heteroatoms. The van der Waals surface area contributed by atoms with Gasteiger partial charge in [-0.05, 0) is 0 Å². The predicted octanol–water partition coefficient (Wildman–Crippen LogP) is 2.91. The van der Waals surface area contributed by atoms with E-state index in [4.69, 9.17) is 13.3 Å². The first-order valence-electron chi connectivity index (χ1n) is 3.80. The molecule has 0 radical (unpaired) electrons. The zero-order valence-electron chi connectivity index (χ0n) is 9.25. The van der Waals surface area contributed by atoms with E-state index in [0.717, 1.165) is 0 Å². The van der Waals surface area contributed by atoms with Gasteiger partial charge in [-0.25, -0.2) is 0 Å². The van der Waals surface area contributed by atoms with Gasteiger partial charge in [-0.15, -0.1) is 10.6 Å². The fourth-order valence-electron chi connectivity index (χ4n) is 0.321. The summed E-state index contributed by atoms with van der Waals surface area (Å²) in [5.41, 5.74) is 0. The van der Waals surface area contributed by atoms with Crippen molar-refractivity contribution in [2.24, 2.45) is 0 Å². The summed E-state index contributed by atoms with van der Waals surface area (Å²) in [6, 6.07) is 0. The molecule has 4 N–H and O–H groups in total. The molecule has 0 spiro atoms. The summed E-state index contributed by atoms with van der Waals surface area (Å²) in [6.07, 6.45) is -21.6. The molecule has 0 atom stereocenters. The minimum atomic E-state index is -5.39. The van der Waals surface area contributed by atoms with E-state index in [2.05, 4.69) is 0 Å². The summed E-state index contributed by atoms with van der Waals surface area (Å²) in [5, 5.41) is -1.08. The van der Waals surface area contributed by atoms with E-state index in [9.17, 15) is 52.7 Å². The second-order valence-electron chi connectivity index (χ2n) is 2.47. The zero-order valence-corrected chi connectivity index (χ0v) is 10.1. The third-order valence-electron chi connectivity index (χ3n) is 0.567. The van der Waals surface area contributed by atoms with Crippen LogP contribution in [0.4, 0.5) is 52.7 Å². The number of alkyl halides is 12. The van der Waals surface area contributed by atoms with Crippen LogP contribution in [0.2, 0.25) is 0 Å². The van der Waals surface area contributed by atoms with E-state index < -0.39 is 47.2 Å². The normalized spacial score (nSPS) is 13.0. The van der Waals surface area contributed by atoms with Crippen LogP contribution in [0.5, 0.6) is 0 Å². The molecule has 138 valence electrons. The van der Waals surface area contributed by atoms with Crippen molar-refractivity contribution in [3.63, 3.8) is 0 Å². The molecule has 0 heterocycles. The van der Waals surface area contributed by atoms with Gasteiger partial charge in [0.25, 0.3) is 11.4 Å².